The lowest BCUT2D eigenvalue weighted by Gasteiger charge is -2.25. The van der Waals surface area contributed by atoms with E-state index in [-0.39, 0.29) is 12.1 Å². The van der Waals surface area contributed by atoms with Gasteiger partial charge in [0, 0.05) is 18.2 Å². The summed E-state index contributed by atoms with van der Waals surface area (Å²) in [5.41, 5.74) is 0.143. The van der Waals surface area contributed by atoms with Crippen molar-refractivity contribution in [3.05, 3.63) is 35.4 Å². The zero-order valence-electron chi connectivity index (χ0n) is 10.5. The second-order valence-corrected chi connectivity index (χ2v) is 5.39. The molecule has 0 aromatic heterocycles. The van der Waals surface area contributed by atoms with E-state index in [4.69, 9.17) is 5.26 Å². The first-order valence-corrected chi connectivity index (χ1v) is 6.05. The second-order valence-electron chi connectivity index (χ2n) is 5.39. The van der Waals surface area contributed by atoms with Crippen LogP contribution >= 0.6 is 0 Å². The normalized spacial score (nSPS) is 23.9. The van der Waals surface area contributed by atoms with Gasteiger partial charge in [0.15, 0.2) is 0 Å². The Hall–Kier alpha value is -1.47. The van der Waals surface area contributed by atoms with E-state index in [1.807, 2.05) is 13.8 Å². The molecule has 1 aromatic carbocycles. The first-order chi connectivity index (χ1) is 8.42. The lowest BCUT2D eigenvalue weighted by atomic mass is 9.85. The summed E-state index contributed by atoms with van der Waals surface area (Å²) in [4.78, 5) is 0. The van der Waals surface area contributed by atoms with Gasteiger partial charge in [-0.3, -0.25) is 0 Å². The molecule has 1 saturated heterocycles. The van der Waals surface area contributed by atoms with Crippen LogP contribution in [0.4, 0.5) is 8.78 Å². The molecular weight excluding hydrogens is 234 g/mol. The van der Waals surface area contributed by atoms with E-state index >= 15 is 0 Å². The van der Waals surface area contributed by atoms with Crippen LogP contribution in [0.3, 0.4) is 0 Å². The van der Waals surface area contributed by atoms with Crippen LogP contribution in [-0.2, 0) is 0 Å². The Kier molecular flexibility index (Phi) is 3.36. The smallest absolute Gasteiger partial charge is 0.126 e. The highest BCUT2D eigenvalue weighted by molar-refractivity contribution is 5.23. The number of rotatable bonds is 2. The monoisotopic (exact) mass is 250 g/mol. The molecule has 4 heteroatoms. The zero-order chi connectivity index (χ0) is 13.3. The average molecular weight is 250 g/mol. The Morgan fingerprint density at radius 1 is 1.22 bits per heavy atom. The number of nitriles is 1. The Morgan fingerprint density at radius 2 is 1.83 bits per heavy atom. The fourth-order valence-electron chi connectivity index (χ4n) is 2.43. The molecule has 2 atom stereocenters. The molecule has 1 fully saturated rings. The first-order valence-electron chi connectivity index (χ1n) is 6.05. The molecule has 1 N–H and O–H groups in total. The van der Waals surface area contributed by atoms with Crippen molar-refractivity contribution >= 4 is 0 Å². The van der Waals surface area contributed by atoms with E-state index in [0.29, 0.717) is 5.56 Å². The molecule has 1 aliphatic heterocycles. The zero-order valence-corrected chi connectivity index (χ0v) is 10.5. The number of hydrogen-bond acceptors (Lipinski definition) is 2. The minimum atomic E-state index is -0.560. The molecule has 1 aliphatic rings. The van der Waals surface area contributed by atoms with Gasteiger partial charge < -0.3 is 5.32 Å². The minimum Gasteiger partial charge on any atom is -0.306 e. The number of nitrogens with zero attached hydrogens (tertiary/aromatic N) is 1. The molecule has 2 rings (SSSR count). The molecule has 1 heterocycles. The molecule has 18 heavy (non-hydrogen) atoms. The molecule has 0 radical (unpaired) electrons. The van der Waals surface area contributed by atoms with E-state index in [2.05, 4.69) is 11.4 Å². The van der Waals surface area contributed by atoms with Crippen LogP contribution in [0.25, 0.3) is 0 Å². The highest BCUT2D eigenvalue weighted by atomic mass is 19.1. The van der Waals surface area contributed by atoms with Gasteiger partial charge in [0.05, 0.1) is 11.5 Å². The van der Waals surface area contributed by atoms with Gasteiger partial charge in [0.2, 0.25) is 0 Å². The summed E-state index contributed by atoms with van der Waals surface area (Å²) in [5, 5.41) is 12.4. The van der Waals surface area contributed by atoms with Crippen LogP contribution in [-0.4, -0.2) is 6.04 Å². The molecule has 96 valence electrons. The number of halogens is 2. The van der Waals surface area contributed by atoms with Gasteiger partial charge in [-0.15, -0.1) is 0 Å². The Bertz CT molecular complexity index is 471. The lowest BCUT2D eigenvalue weighted by Crippen LogP contribution is -2.37. The summed E-state index contributed by atoms with van der Waals surface area (Å²) in [6, 6.07) is 5.82. The van der Waals surface area contributed by atoms with Crippen molar-refractivity contribution in [2.45, 2.75) is 38.8 Å². The molecular formula is C14H16F2N2. The third-order valence-electron chi connectivity index (χ3n) is 3.59. The number of hydrogen-bond donors (Lipinski definition) is 1. The molecule has 0 amide bonds. The number of nitrogens with one attached hydrogen (secondary N) is 1. The summed E-state index contributed by atoms with van der Waals surface area (Å²) in [7, 11) is 0. The summed E-state index contributed by atoms with van der Waals surface area (Å²) in [6.45, 7) is 3.75. The van der Waals surface area contributed by atoms with E-state index in [1.165, 1.54) is 12.1 Å². The third kappa shape index (κ3) is 2.51. The van der Waals surface area contributed by atoms with Crippen LogP contribution in [0.2, 0.25) is 0 Å². The topological polar surface area (TPSA) is 35.8 Å². The second kappa shape index (κ2) is 4.66. The summed E-state index contributed by atoms with van der Waals surface area (Å²) in [5.74, 6) is -1.12. The minimum absolute atomic E-state index is 0.0545. The summed E-state index contributed by atoms with van der Waals surface area (Å²) >= 11 is 0. The fourth-order valence-corrected chi connectivity index (χ4v) is 2.43. The van der Waals surface area contributed by atoms with Gasteiger partial charge in [0.1, 0.15) is 11.6 Å². The maximum absolute atomic E-state index is 13.2. The predicted molar refractivity (Wildman–Crippen MR) is 64.7 cm³/mol. The van der Waals surface area contributed by atoms with Gasteiger partial charge in [-0.1, -0.05) is 0 Å². The van der Waals surface area contributed by atoms with Crippen LogP contribution in [0.15, 0.2) is 18.2 Å². The van der Waals surface area contributed by atoms with Crippen molar-refractivity contribution in [3.63, 3.8) is 0 Å². The Morgan fingerprint density at radius 3 is 2.39 bits per heavy atom. The lowest BCUT2D eigenvalue weighted by molar-refractivity contribution is 0.341. The van der Waals surface area contributed by atoms with Gasteiger partial charge >= 0.3 is 0 Å². The van der Waals surface area contributed by atoms with Gasteiger partial charge in [-0.05, 0) is 44.4 Å². The van der Waals surface area contributed by atoms with Crippen LogP contribution in [0, 0.1) is 28.4 Å². The predicted octanol–water partition coefficient (Wildman–Crippen LogP) is 3.31. The maximum Gasteiger partial charge on any atom is 0.126 e. The molecule has 0 spiro atoms. The quantitative estimate of drug-likeness (QED) is 0.874. The Balaban J connectivity index is 2.16. The van der Waals surface area contributed by atoms with E-state index in [0.717, 1.165) is 18.9 Å². The van der Waals surface area contributed by atoms with Gasteiger partial charge in [-0.25, -0.2) is 8.78 Å². The first kappa shape index (κ1) is 13.0. The van der Waals surface area contributed by atoms with Gasteiger partial charge in [0.25, 0.3) is 0 Å². The standard InChI is InChI=1S/C14H16F2N2/c1-14(2,8-17)13-4-3-12(18-13)9-5-10(15)7-11(16)6-9/h5-7,12-13,18H,3-4H2,1-2H3/t12-,13+/m0/s1. The van der Waals surface area contributed by atoms with Crippen LogP contribution < -0.4 is 5.32 Å². The number of benzene rings is 1. The van der Waals surface area contributed by atoms with Crippen molar-refractivity contribution < 1.29 is 8.78 Å². The van der Waals surface area contributed by atoms with Crippen molar-refractivity contribution in [2.75, 3.05) is 0 Å². The molecule has 0 aliphatic carbocycles. The van der Waals surface area contributed by atoms with Crippen LogP contribution in [0.1, 0.15) is 38.3 Å². The van der Waals surface area contributed by atoms with E-state index in [1.54, 1.807) is 0 Å². The molecule has 0 bridgehead atoms. The molecule has 2 nitrogen and oxygen atoms in total. The highest BCUT2D eigenvalue weighted by Gasteiger charge is 2.36. The fraction of sp³-hybridized carbons (Fsp3) is 0.500. The molecule has 0 saturated carbocycles. The average Bonchev–Trinajstić information content (AvgIpc) is 2.77. The SMILES string of the molecule is CC(C)(C#N)[C@H]1CC[C@@H](c2cc(F)cc(F)c2)N1. The molecule has 1 aromatic rings. The third-order valence-corrected chi connectivity index (χ3v) is 3.59. The van der Waals surface area contributed by atoms with Crippen LogP contribution in [0.5, 0.6) is 0 Å². The van der Waals surface area contributed by atoms with Gasteiger partial charge in [-0.2, -0.15) is 5.26 Å². The maximum atomic E-state index is 13.2. The highest BCUT2D eigenvalue weighted by Crippen LogP contribution is 2.34. The van der Waals surface area contributed by atoms with E-state index < -0.39 is 17.0 Å². The largest absolute Gasteiger partial charge is 0.306 e. The van der Waals surface area contributed by atoms with Crippen molar-refractivity contribution in [1.82, 2.24) is 5.32 Å². The summed E-state index contributed by atoms with van der Waals surface area (Å²) in [6.07, 6.45) is 1.63. The van der Waals surface area contributed by atoms with E-state index in [9.17, 15) is 8.78 Å². The van der Waals surface area contributed by atoms with Crippen molar-refractivity contribution in [2.24, 2.45) is 5.41 Å². The summed E-state index contributed by atoms with van der Waals surface area (Å²) < 4.78 is 26.3. The van der Waals surface area contributed by atoms with Crippen molar-refractivity contribution in [3.8, 4) is 6.07 Å². The molecule has 0 unspecified atom stereocenters. The van der Waals surface area contributed by atoms with Crippen molar-refractivity contribution in [1.29, 1.82) is 5.26 Å². The Labute approximate surface area is 106 Å².